The summed E-state index contributed by atoms with van der Waals surface area (Å²) < 4.78 is 2.05. The molecule has 0 amide bonds. The van der Waals surface area contributed by atoms with Gasteiger partial charge < -0.3 is 10.3 Å². The zero-order valence-corrected chi connectivity index (χ0v) is 8.75. The molecule has 0 radical (unpaired) electrons. The third kappa shape index (κ3) is 2.47. The SMILES string of the molecule is CCC(CC)Cn1cc(C)nc1N. The first-order valence-corrected chi connectivity index (χ1v) is 4.96. The second-order valence-corrected chi connectivity index (χ2v) is 3.58. The van der Waals surface area contributed by atoms with Crippen molar-refractivity contribution in [1.29, 1.82) is 0 Å². The molecule has 3 heteroatoms. The van der Waals surface area contributed by atoms with Gasteiger partial charge in [-0.15, -0.1) is 0 Å². The smallest absolute Gasteiger partial charge is 0.200 e. The number of anilines is 1. The summed E-state index contributed by atoms with van der Waals surface area (Å²) in [5.74, 6) is 1.36. The molecule has 2 N–H and O–H groups in total. The van der Waals surface area contributed by atoms with Crippen molar-refractivity contribution in [2.75, 3.05) is 5.73 Å². The lowest BCUT2D eigenvalue weighted by Gasteiger charge is -2.13. The van der Waals surface area contributed by atoms with E-state index in [0.29, 0.717) is 5.95 Å². The molecule has 0 saturated carbocycles. The van der Waals surface area contributed by atoms with Gasteiger partial charge in [0, 0.05) is 12.7 Å². The first kappa shape index (κ1) is 10.1. The number of imidazole rings is 1. The van der Waals surface area contributed by atoms with E-state index in [1.165, 1.54) is 12.8 Å². The summed E-state index contributed by atoms with van der Waals surface area (Å²) in [4.78, 5) is 4.17. The molecule has 13 heavy (non-hydrogen) atoms. The van der Waals surface area contributed by atoms with E-state index >= 15 is 0 Å². The van der Waals surface area contributed by atoms with Gasteiger partial charge in [-0.25, -0.2) is 4.98 Å². The summed E-state index contributed by atoms with van der Waals surface area (Å²) in [6.45, 7) is 7.40. The zero-order chi connectivity index (χ0) is 9.84. The van der Waals surface area contributed by atoms with E-state index in [1.807, 2.05) is 17.7 Å². The van der Waals surface area contributed by atoms with Gasteiger partial charge in [-0.3, -0.25) is 0 Å². The molecule has 0 aliphatic carbocycles. The summed E-state index contributed by atoms with van der Waals surface area (Å²) in [5.41, 5.74) is 6.75. The molecule has 0 aliphatic rings. The van der Waals surface area contributed by atoms with Gasteiger partial charge in [0.1, 0.15) is 0 Å². The Bertz CT molecular complexity index is 261. The van der Waals surface area contributed by atoms with Crippen LogP contribution in [-0.2, 0) is 6.54 Å². The maximum Gasteiger partial charge on any atom is 0.200 e. The van der Waals surface area contributed by atoms with Gasteiger partial charge in [0.05, 0.1) is 5.69 Å². The molecule has 3 nitrogen and oxygen atoms in total. The largest absolute Gasteiger partial charge is 0.369 e. The van der Waals surface area contributed by atoms with Crippen LogP contribution in [0.5, 0.6) is 0 Å². The molecule has 0 aliphatic heterocycles. The van der Waals surface area contributed by atoms with Crippen molar-refractivity contribution >= 4 is 5.95 Å². The number of hydrogen-bond donors (Lipinski definition) is 1. The second-order valence-electron chi connectivity index (χ2n) is 3.58. The molecule has 0 spiro atoms. The molecule has 0 unspecified atom stereocenters. The average molecular weight is 181 g/mol. The van der Waals surface area contributed by atoms with Gasteiger partial charge in [-0.05, 0) is 12.8 Å². The molecule has 0 atom stereocenters. The molecule has 74 valence electrons. The Morgan fingerprint density at radius 2 is 2.08 bits per heavy atom. The number of aromatic nitrogens is 2. The molecule has 0 aromatic carbocycles. The van der Waals surface area contributed by atoms with Crippen LogP contribution < -0.4 is 5.73 Å². The van der Waals surface area contributed by atoms with E-state index in [1.54, 1.807) is 0 Å². The number of nitrogens with zero attached hydrogens (tertiary/aromatic N) is 2. The molecule has 1 aromatic heterocycles. The first-order valence-electron chi connectivity index (χ1n) is 4.96. The van der Waals surface area contributed by atoms with Gasteiger partial charge in [-0.1, -0.05) is 26.7 Å². The van der Waals surface area contributed by atoms with Gasteiger partial charge in [0.2, 0.25) is 0 Å². The summed E-state index contributed by atoms with van der Waals surface area (Å²) in [5, 5.41) is 0. The lowest BCUT2D eigenvalue weighted by molar-refractivity contribution is 0.421. The van der Waals surface area contributed by atoms with Crippen molar-refractivity contribution in [3.63, 3.8) is 0 Å². The first-order chi connectivity index (χ1) is 6.17. The number of nitrogens with two attached hydrogens (primary N) is 1. The van der Waals surface area contributed by atoms with Crippen LogP contribution in [0.1, 0.15) is 32.4 Å². The molecular weight excluding hydrogens is 162 g/mol. The highest BCUT2D eigenvalue weighted by Gasteiger charge is 2.07. The van der Waals surface area contributed by atoms with Crippen molar-refractivity contribution in [1.82, 2.24) is 9.55 Å². The quantitative estimate of drug-likeness (QED) is 0.774. The van der Waals surface area contributed by atoms with Crippen LogP contribution in [0.25, 0.3) is 0 Å². The minimum absolute atomic E-state index is 0.643. The standard InChI is InChI=1S/C10H19N3/c1-4-9(5-2)7-13-6-8(3)12-10(13)11/h6,9H,4-5,7H2,1-3H3,(H2,11,12). The Kier molecular flexibility index (Phi) is 3.34. The summed E-state index contributed by atoms with van der Waals surface area (Å²) in [7, 11) is 0. The fraction of sp³-hybridized carbons (Fsp3) is 0.700. The number of aryl methyl sites for hydroxylation is 1. The molecular formula is C10H19N3. The Balaban J connectivity index is 2.67. The molecule has 1 heterocycles. The van der Waals surface area contributed by atoms with Crippen molar-refractivity contribution in [3.8, 4) is 0 Å². The molecule has 1 rings (SSSR count). The van der Waals surface area contributed by atoms with Crippen molar-refractivity contribution in [3.05, 3.63) is 11.9 Å². The lowest BCUT2D eigenvalue weighted by atomic mass is 10.0. The molecule has 0 bridgehead atoms. The third-order valence-corrected chi connectivity index (χ3v) is 2.54. The predicted molar refractivity (Wildman–Crippen MR) is 55.4 cm³/mol. The van der Waals surface area contributed by atoms with Crippen LogP contribution in [0, 0.1) is 12.8 Å². The zero-order valence-electron chi connectivity index (χ0n) is 8.75. The van der Waals surface area contributed by atoms with Crippen LogP contribution in [-0.4, -0.2) is 9.55 Å². The highest BCUT2D eigenvalue weighted by Crippen LogP contribution is 2.13. The van der Waals surface area contributed by atoms with Crippen LogP contribution in [0.3, 0.4) is 0 Å². The van der Waals surface area contributed by atoms with Gasteiger partial charge in [0.25, 0.3) is 0 Å². The summed E-state index contributed by atoms with van der Waals surface area (Å²) in [6.07, 6.45) is 4.42. The molecule has 1 aromatic rings. The van der Waals surface area contributed by atoms with E-state index in [2.05, 4.69) is 18.8 Å². The number of hydrogen-bond acceptors (Lipinski definition) is 2. The average Bonchev–Trinajstić information content (AvgIpc) is 2.41. The summed E-state index contributed by atoms with van der Waals surface area (Å²) >= 11 is 0. The minimum atomic E-state index is 0.643. The fourth-order valence-corrected chi connectivity index (χ4v) is 1.54. The van der Waals surface area contributed by atoms with E-state index in [0.717, 1.165) is 18.2 Å². The van der Waals surface area contributed by atoms with E-state index in [-0.39, 0.29) is 0 Å². The van der Waals surface area contributed by atoms with E-state index in [4.69, 9.17) is 5.73 Å². The number of rotatable bonds is 4. The Labute approximate surface area is 80.0 Å². The molecule has 0 fully saturated rings. The lowest BCUT2D eigenvalue weighted by Crippen LogP contribution is -2.10. The van der Waals surface area contributed by atoms with Crippen molar-refractivity contribution in [2.24, 2.45) is 5.92 Å². The predicted octanol–water partition coefficient (Wildman–Crippen LogP) is 2.21. The van der Waals surface area contributed by atoms with Crippen molar-refractivity contribution < 1.29 is 0 Å². The monoisotopic (exact) mass is 181 g/mol. The third-order valence-electron chi connectivity index (χ3n) is 2.54. The van der Waals surface area contributed by atoms with Crippen LogP contribution in [0.2, 0.25) is 0 Å². The Hall–Kier alpha value is -0.990. The molecule has 0 saturated heterocycles. The van der Waals surface area contributed by atoms with E-state index < -0.39 is 0 Å². The number of nitrogen functional groups attached to an aromatic ring is 1. The highest BCUT2D eigenvalue weighted by molar-refractivity contribution is 5.21. The van der Waals surface area contributed by atoms with Gasteiger partial charge in [0.15, 0.2) is 5.95 Å². The van der Waals surface area contributed by atoms with E-state index in [9.17, 15) is 0 Å². The van der Waals surface area contributed by atoms with Gasteiger partial charge in [-0.2, -0.15) is 0 Å². The minimum Gasteiger partial charge on any atom is -0.369 e. The summed E-state index contributed by atoms with van der Waals surface area (Å²) in [6, 6.07) is 0. The normalized spacial score (nSPS) is 11.1. The Morgan fingerprint density at radius 3 is 2.46 bits per heavy atom. The topological polar surface area (TPSA) is 43.8 Å². The maximum absolute atomic E-state index is 5.75. The fourth-order valence-electron chi connectivity index (χ4n) is 1.54. The van der Waals surface area contributed by atoms with Crippen molar-refractivity contribution in [2.45, 2.75) is 40.2 Å². The van der Waals surface area contributed by atoms with Crippen LogP contribution >= 0.6 is 0 Å². The maximum atomic E-state index is 5.75. The second kappa shape index (κ2) is 4.30. The highest BCUT2D eigenvalue weighted by atomic mass is 15.1. The van der Waals surface area contributed by atoms with Crippen LogP contribution in [0.4, 0.5) is 5.95 Å². The Morgan fingerprint density at radius 1 is 1.46 bits per heavy atom. The van der Waals surface area contributed by atoms with Gasteiger partial charge >= 0.3 is 0 Å². The van der Waals surface area contributed by atoms with Crippen LogP contribution in [0.15, 0.2) is 6.20 Å².